The molecule has 1 unspecified atom stereocenters. The molecule has 1 atom stereocenters. The molecule has 186 valence electrons. The van der Waals surface area contributed by atoms with E-state index in [0.717, 1.165) is 16.7 Å². The highest BCUT2D eigenvalue weighted by atomic mass is 16.5. The summed E-state index contributed by atoms with van der Waals surface area (Å²) in [5, 5.41) is 11.3. The van der Waals surface area contributed by atoms with E-state index in [9.17, 15) is 14.7 Å². The first-order chi connectivity index (χ1) is 17.9. The number of likely N-dealkylation sites (tertiary alicyclic amines) is 1. The summed E-state index contributed by atoms with van der Waals surface area (Å²) in [5.74, 6) is -0.0533. The van der Waals surface area contributed by atoms with Gasteiger partial charge in [-0.1, -0.05) is 24.3 Å². The van der Waals surface area contributed by atoms with Crippen LogP contribution in [-0.2, 0) is 22.7 Å². The number of aliphatic hydroxyl groups is 1. The number of Topliss-reactive ketones (excluding diaryl/α,β-unsaturated/α-hetero) is 1. The summed E-state index contributed by atoms with van der Waals surface area (Å²) in [6, 6.07) is 21.0. The first-order valence-corrected chi connectivity index (χ1v) is 11.9. The van der Waals surface area contributed by atoms with Crippen molar-refractivity contribution in [2.24, 2.45) is 0 Å². The van der Waals surface area contributed by atoms with Gasteiger partial charge in [-0.05, 0) is 79.1 Å². The molecular weight excluding hydrogens is 468 g/mol. The van der Waals surface area contributed by atoms with Gasteiger partial charge >= 0.3 is 0 Å². The van der Waals surface area contributed by atoms with Crippen molar-refractivity contribution in [3.05, 3.63) is 125 Å². The third-order valence-electron chi connectivity index (χ3n) is 6.46. The standard InChI is InChI=1S/C30H26N2O5/c1-19-5-3-4-6-23(19)18-36-24-10-8-22(9-11-24)28(33)26-27(25-12-7-20(2)37-25)32(30(35)29(26)34)17-21-13-15-31-16-14-21/h3-16,27,33H,17-18H2,1-2H3/b28-26-. The maximum absolute atomic E-state index is 13.2. The summed E-state index contributed by atoms with van der Waals surface area (Å²) >= 11 is 0. The van der Waals surface area contributed by atoms with Crippen molar-refractivity contribution in [1.29, 1.82) is 0 Å². The number of nitrogens with zero attached hydrogens (tertiary/aromatic N) is 2. The summed E-state index contributed by atoms with van der Waals surface area (Å²) in [6.07, 6.45) is 3.25. The van der Waals surface area contributed by atoms with E-state index < -0.39 is 17.7 Å². The summed E-state index contributed by atoms with van der Waals surface area (Å²) in [4.78, 5) is 31.7. The predicted molar refractivity (Wildman–Crippen MR) is 137 cm³/mol. The third-order valence-corrected chi connectivity index (χ3v) is 6.46. The van der Waals surface area contributed by atoms with E-state index in [2.05, 4.69) is 4.98 Å². The maximum Gasteiger partial charge on any atom is 0.296 e. The Kier molecular flexibility index (Phi) is 6.60. The van der Waals surface area contributed by atoms with Gasteiger partial charge in [0, 0.05) is 24.5 Å². The molecule has 7 nitrogen and oxygen atoms in total. The molecule has 2 aromatic carbocycles. The van der Waals surface area contributed by atoms with Crippen LogP contribution >= 0.6 is 0 Å². The molecule has 1 fully saturated rings. The van der Waals surface area contributed by atoms with Crippen molar-refractivity contribution in [3.8, 4) is 5.75 Å². The van der Waals surface area contributed by atoms with Gasteiger partial charge in [0.2, 0.25) is 0 Å². The number of ether oxygens (including phenoxy) is 1. The van der Waals surface area contributed by atoms with Crippen molar-refractivity contribution < 1.29 is 23.8 Å². The van der Waals surface area contributed by atoms with Crippen molar-refractivity contribution in [2.45, 2.75) is 33.0 Å². The first kappa shape index (κ1) is 24.1. The molecule has 1 aliphatic heterocycles. The lowest BCUT2D eigenvalue weighted by Gasteiger charge is -2.23. The van der Waals surface area contributed by atoms with Gasteiger partial charge in [0.15, 0.2) is 0 Å². The molecule has 2 aromatic heterocycles. The fraction of sp³-hybridized carbons (Fsp3) is 0.167. The molecule has 0 spiro atoms. The average molecular weight is 495 g/mol. The number of ketones is 1. The smallest absolute Gasteiger partial charge is 0.296 e. The SMILES string of the molecule is Cc1ccc(C2/C(=C(/O)c3ccc(OCc4ccccc4C)cc3)C(=O)C(=O)N2Cc2ccncc2)o1. The van der Waals surface area contributed by atoms with Gasteiger partial charge in [-0.2, -0.15) is 0 Å². The van der Waals surface area contributed by atoms with Crippen LogP contribution in [0.2, 0.25) is 0 Å². The molecule has 1 saturated heterocycles. The van der Waals surface area contributed by atoms with Crippen LogP contribution in [0.15, 0.2) is 95.2 Å². The molecule has 7 heteroatoms. The van der Waals surface area contributed by atoms with Crippen molar-refractivity contribution >= 4 is 17.4 Å². The number of amides is 1. The van der Waals surface area contributed by atoms with Crippen molar-refractivity contribution in [2.75, 3.05) is 0 Å². The number of aromatic nitrogens is 1. The number of carbonyl (C=O) groups is 2. The number of benzene rings is 2. The minimum atomic E-state index is -0.862. The molecule has 5 rings (SSSR count). The minimum absolute atomic E-state index is 0.0121. The maximum atomic E-state index is 13.2. The van der Waals surface area contributed by atoms with Gasteiger partial charge < -0.3 is 19.2 Å². The summed E-state index contributed by atoms with van der Waals surface area (Å²) in [7, 11) is 0. The van der Waals surface area contributed by atoms with Crippen LogP contribution in [0.1, 0.15) is 39.8 Å². The second-order valence-corrected chi connectivity index (χ2v) is 8.97. The molecular formula is C30H26N2O5. The number of rotatable bonds is 7. The van der Waals surface area contributed by atoms with Crippen LogP contribution in [-0.4, -0.2) is 26.7 Å². The Hall–Kier alpha value is -4.65. The van der Waals surface area contributed by atoms with Gasteiger partial charge in [0.05, 0.1) is 5.57 Å². The molecule has 0 saturated carbocycles. The lowest BCUT2D eigenvalue weighted by molar-refractivity contribution is -0.140. The Balaban J connectivity index is 1.46. The van der Waals surface area contributed by atoms with Crippen LogP contribution in [0.25, 0.3) is 5.76 Å². The van der Waals surface area contributed by atoms with Crippen molar-refractivity contribution in [3.63, 3.8) is 0 Å². The predicted octanol–water partition coefficient (Wildman–Crippen LogP) is 5.49. The monoisotopic (exact) mass is 494 g/mol. The zero-order valence-corrected chi connectivity index (χ0v) is 20.5. The zero-order valence-electron chi connectivity index (χ0n) is 20.5. The molecule has 1 amide bonds. The second kappa shape index (κ2) is 10.1. The van der Waals surface area contributed by atoms with Crippen LogP contribution in [0.4, 0.5) is 0 Å². The molecule has 0 radical (unpaired) electrons. The van der Waals surface area contributed by atoms with Crippen LogP contribution in [0, 0.1) is 13.8 Å². The number of aliphatic hydroxyl groups excluding tert-OH is 1. The summed E-state index contributed by atoms with van der Waals surface area (Å²) < 4.78 is 11.7. The number of hydrogen-bond donors (Lipinski definition) is 1. The van der Waals surface area contributed by atoms with E-state index in [-0.39, 0.29) is 17.9 Å². The summed E-state index contributed by atoms with van der Waals surface area (Å²) in [6.45, 7) is 4.39. The zero-order chi connectivity index (χ0) is 25.9. The molecule has 0 bridgehead atoms. The van der Waals surface area contributed by atoms with E-state index >= 15 is 0 Å². The number of pyridine rings is 1. The van der Waals surface area contributed by atoms with Crippen LogP contribution in [0.3, 0.4) is 0 Å². The number of hydrogen-bond acceptors (Lipinski definition) is 6. The van der Waals surface area contributed by atoms with Crippen LogP contribution < -0.4 is 4.74 Å². The summed E-state index contributed by atoms with van der Waals surface area (Å²) in [5.41, 5.74) is 3.42. The minimum Gasteiger partial charge on any atom is -0.507 e. The highest BCUT2D eigenvalue weighted by Crippen LogP contribution is 2.41. The first-order valence-electron chi connectivity index (χ1n) is 11.9. The topological polar surface area (TPSA) is 92.9 Å². The van der Waals surface area contributed by atoms with Gasteiger partial charge in [-0.3, -0.25) is 14.6 Å². The fourth-order valence-electron chi connectivity index (χ4n) is 4.42. The number of aryl methyl sites for hydroxylation is 2. The molecule has 4 aromatic rings. The van der Waals surface area contributed by atoms with E-state index in [1.54, 1.807) is 67.8 Å². The lowest BCUT2D eigenvalue weighted by atomic mass is 9.99. The van der Waals surface area contributed by atoms with E-state index in [0.29, 0.717) is 29.4 Å². The highest BCUT2D eigenvalue weighted by molar-refractivity contribution is 6.46. The highest BCUT2D eigenvalue weighted by Gasteiger charge is 2.47. The third kappa shape index (κ3) is 4.89. The molecule has 1 N–H and O–H groups in total. The van der Waals surface area contributed by atoms with E-state index in [1.165, 1.54) is 4.90 Å². The Morgan fingerprint density at radius 2 is 1.70 bits per heavy atom. The van der Waals surface area contributed by atoms with Gasteiger partial charge in [-0.25, -0.2) is 0 Å². The molecule has 37 heavy (non-hydrogen) atoms. The lowest BCUT2D eigenvalue weighted by Crippen LogP contribution is -2.29. The largest absolute Gasteiger partial charge is 0.507 e. The van der Waals surface area contributed by atoms with Crippen molar-refractivity contribution in [1.82, 2.24) is 9.88 Å². The molecule has 3 heterocycles. The Labute approximate surface area is 214 Å². The van der Waals surface area contributed by atoms with Gasteiger partial charge in [0.1, 0.15) is 35.7 Å². The number of carbonyl (C=O) groups excluding carboxylic acids is 2. The van der Waals surface area contributed by atoms with E-state index in [1.807, 2.05) is 31.2 Å². The van der Waals surface area contributed by atoms with Crippen LogP contribution in [0.5, 0.6) is 5.75 Å². The van der Waals surface area contributed by atoms with Gasteiger partial charge in [-0.15, -0.1) is 0 Å². The average Bonchev–Trinajstić information content (AvgIpc) is 3.45. The number of furan rings is 1. The molecule has 1 aliphatic rings. The fourth-order valence-corrected chi connectivity index (χ4v) is 4.42. The Morgan fingerprint density at radius 3 is 2.38 bits per heavy atom. The second-order valence-electron chi connectivity index (χ2n) is 8.97. The van der Waals surface area contributed by atoms with Gasteiger partial charge in [0.25, 0.3) is 11.7 Å². The Bertz CT molecular complexity index is 1470. The quantitative estimate of drug-likeness (QED) is 0.207. The molecule has 0 aliphatic carbocycles. The van der Waals surface area contributed by atoms with E-state index in [4.69, 9.17) is 9.15 Å². The Morgan fingerprint density at radius 1 is 0.973 bits per heavy atom. The normalized spacial score (nSPS) is 16.8.